The number of carbonyl (C=O) groups is 4. The number of carbonyl (C=O) groups excluding carboxylic acids is 4. The molecule has 0 bridgehead atoms. The summed E-state index contributed by atoms with van der Waals surface area (Å²) in [5.41, 5.74) is 1.80. The van der Waals surface area contributed by atoms with Crippen LogP contribution in [-0.2, 0) is 62.4 Å². The molecule has 0 spiro atoms. The van der Waals surface area contributed by atoms with Crippen molar-refractivity contribution in [2.45, 2.75) is 52.4 Å². The fraction of sp³-hybridized carbons (Fsp3) is 0.308. The molecule has 0 saturated carbocycles. The van der Waals surface area contributed by atoms with E-state index >= 15 is 0 Å². The molecule has 39 heavy (non-hydrogen) atoms. The molecular weight excluding hydrogens is 577 g/mol. The lowest BCUT2D eigenvalue weighted by Crippen LogP contribution is -2.15. The van der Waals surface area contributed by atoms with E-state index in [1.54, 1.807) is 0 Å². The van der Waals surface area contributed by atoms with Crippen molar-refractivity contribution in [3.63, 3.8) is 0 Å². The third kappa shape index (κ3) is 9.46. The molecule has 9 nitrogen and oxygen atoms in total. The van der Waals surface area contributed by atoms with E-state index < -0.39 is 11.9 Å². The number of esters is 2. The first kappa shape index (κ1) is 28.7. The highest BCUT2D eigenvalue weighted by atomic mass is 32.1. The lowest BCUT2D eigenvalue weighted by atomic mass is 10.2. The Balaban J connectivity index is 1.17. The minimum atomic E-state index is -0.567. The molecule has 13 heteroatoms. The summed E-state index contributed by atoms with van der Waals surface area (Å²) < 4.78 is 5.05. The Hall–Kier alpha value is -3.26. The van der Waals surface area contributed by atoms with Crippen molar-refractivity contribution >= 4 is 79.4 Å². The maximum absolute atomic E-state index is 12.3. The molecule has 0 aromatic carbocycles. The average molecular weight is 603 g/mol. The molecule has 0 radical (unpaired) electrons. The second kappa shape index (κ2) is 13.7. The first-order chi connectivity index (χ1) is 18.7. The minimum Gasteiger partial charge on any atom is -0.393 e. The van der Waals surface area contributed by atoms with Crippen molar-refractivity contribution < 1.29 is 23.9 Å². The highest BCUT2D eigenvalue weighted by molar-refractivity contribution is 7.14. The van der Waals surface area contributed by atoms with Gasteiger partial charge in [-0.05, 0) is 49.9 Å². The summed E-state index contributed by atoms with van der Waals surface area (Å²) >= 11 is 5.81. The van der Waals surface area contributed by atoms with Crippen LogP contribution in [0.5, 0.6) is 0 Å². The number of nitrogens with zero attached hydrogens (tertiary/aromatic N) is 2. The molecule has 204 valence electrons. The van der Waals surface area contributed by atoms with E-state index in [1.807, 2.05) is 35.0 Å². The zero-order chi connectivity index (χ0) is 27.8. The summed E-state index contributed by atoms with van der Waals surface area (Å²) in [6, 6.07) is 7.69. The number of hydrogen-bond donors (Lipinski definition) is 2. The van der Waals surface area contributed by atoms with Crippen molar-refractivity contribution in [1.29, 1.82) is 0 Å². The van der Waals surface area contributed by atoms with Crippen LogP contribution in [0.15, 0.2) is 35.0 Å². The van der Waals surface area contributed by atoms with Gasteiger partial charge in [-0.3, -0.25) is 19.2 Å². The highest BCUT2D eigenvalue weighted by Crippen LogP contribution is 2.23. The van der Waals surface area contributed by atoms with Crippen LogP contribution < -0.4 is 10.6 Å². The first-order valence-corrected chi connectivity index (χ1v) is 15.4. The number of rotatable bonds is 12. The fourth-order valence-electron chi connectivity index (χ4n) is 3.55. The van der Waals surface area contributed by atoms with Crippen molar-refractivity contribution in [3.05, 3.63) is 65.9 Å². The predicted octanol–water partition coefficient (Wildman–Crippen LogP) is 5.06. The van der Waals surface area contributed by atoms with E-state index in [0.717, 1.165) is 56.6 Å². The fourth-order valence-corrected chi connectivity index (χ4v) is 7.14. The van der Waals surface area contributed by atoms with E-state index in [4.69, 9.17) is 4.74 Å². The van der Waals surface area contributed by atoms with Crippen LogP contribution in [0.25, 0.3) is 0 Å². The van der Waals surface area contributed by atoms with Gasteiger partial charge in [-0.25, -0.2) is 9.97 Å². The molecule has 0 aliphatic rings. The van der Waals surface area contributed by atoms with Crippen LogP contribution in [0.2, 0.25) is 0 Å². The Bertz CT molecular complexity index is 1360. The van der Waals surface area contributed by atoms with Gasteiger partial charge in [0.15, 0.2) is 10.3 Å². The molecule has 2 amide bonds. The SMILES string of the molecule is CC(=O)Nc1nc(CCc2ccc(CC(=O)OC(=O)Cc3ccc(CCc4csc(NC(C)=O)n4)s3)s2)cs1. The number of ether oxygens (including phenoxy) is 1. The highest BCUT2D eigenvalue weighted by Gasteiger charge is 2.15. The number of anilines is 2. The molecule has 4 heterocycles. The lowest BCUT2D eigenvalue weighted by molar-refractivity contribution is -0.158. The number of thiophene rings is 2. The number of hydrogen-bond acceptors (Lipinski definition) is 11. The van der Waals surface area contributed by atoms with Crippen LogP contribution in [0.1, 0.15) is 44.7 Å². The molecular formula is C26H26N4O5S4. The maximum Gasteiger partial charge on any atom is 0.318 e. The van der Waals surface area contributed by atoms with Gasteiger partial charge in [0, 0.05) is 44.1 Å². The van der Waals surface area contributed by atoms with Crippen LogP contribution in [-0.4, -0.2) is 33.7 Å². The number of nitrogens with one attached hydrogen (secondary N) is 2. The maximum atomic E-state index is 12.3. The molecule has 4 aromatic heterocycles. The second-order valence-electron chi connectivity index (χ2n) is 8.59. The van der Waals surface area contributed by atoms with Gasteiger partial charge in [0.1, 0.15) is 0 Å². The molecule has 0 fully saturated rings. The summed E-state index contributed by atoms with van der Waals surface area (Å²) in [5, 5.41) is 10.4. The molecule has 0 aliphatic carbocycles. The van der Waals surface area contributed by atoms with Crippen LogP contribution in [0, 0.1) is 0 Å². The van der Waals surface area contributed by atoms with Gasteiger partial charge in [-0.2, -0.15) is 0 Å². The Kier molecular flexibility index (Phi) is 10.1. The van der Waals surface area contributed by atoms with Crippen LogP contribution in [0.4, 0.5) is 10.3 Å². The number of aromatic nitrogens is 2. The van der Waals surface area contributed by atoms with E-state index in [9.17, 15) is 19.2 Å². The summed E-state index contributed by atoms with van der Waals surface area (Å²) in [7, 11) is 0. The Morgan fingerprint density at radius 1 is 0.667 bits per heavy atom. The van der Waals surface area contributed by atoms with E-state index in [1.165, 1.54) is 59.2 Å². The summed E-state index contributed by atoms with van der Waals surface area (Å²) in [6.45, 7) is 2.90. The summed E-state index contributed by atoms with van der Waals surface area (Å²) in [4.78, 5) is 59.6. The quantitative estimate of drug-likeness (QED) is 0.171. The Labute approximate surface area is 241 Å². The topological polar surface area (TPSA) is 127 Å². The molecule has 0 unspecified atom stereocenters. The van der Waals surface area contributed by atoms with E-state index in [2.05, 4.69) is 20.6 Å². The predicted molar refractivity (Wildman–Crippen MR) is 155 cm³/mol. The van der Waals surface area contributed by atoms with Crippen molar-refractivity contribution in [1.82, 2.24) is 9.97 Å². The van der Waals surface area contributed by atoms with Crippen LogP contribution >= 0.6 is 45.3 Å². The van der Waals surface area contributed by atoms with Gasteiger partial charge in [-0.15, -0.1) is 45.3 Å². The minimum absolute atomic E-state index is 0.0452. The number of aryl methyl sites for hydroxylation is 4. The molecule has 0 atom stereocenters. The molecule has 0 saturated heterocycles. The number of amides is 2. The van der Waals surface area contributed by atoms with Crippen LogP contribution in [0.3, 0.4) is 0 Å². The van der Waals surface area contributed by atoms with Crippen molar-refractivity contribution in [3.8, 4) is 0 Å². The standard InChI is InChI=1S/C26H26N4O5S4/c1-15(31)27-25-29-17(13-36-25)3-5-19-7-9-21(38-19)11-23(33)35-24(34)12-22-10-8-20(39-22)6-4-18-14-37-26(30-18)28-16(2)32/h7-10,13-14H,3-6,11-12H2,1-2H3,(H,27,29,31)(H,28,30,32). The van der Waals surface area contributed by atoms with Gasteiger partial charge in [0.25, 0.3) is 0 Å². The molecule has 4 aromatic rings. The number of thiazole rings is 2. The zero-order valence-corrected chi connectivity index (χ0v) is 24.5. The summed E-state index contributed by atoms with van der Waals surface area (Å²) in [5.74, 6) is -1.43. The van der Waals surface area contributed by atoms with Gasteiger partial charge in [0.2, 0.25) is 11.8 Å². The summed E-state index contributed by atoms with van der Waals surface area (Å²) in [6.07, 6.45) is 3.07. The zero-order valence-electron chi connectivity index (χ0n) is 21.3. The molecule has 4 rings (SSSR count). The lowest BCUT2D eigenvalue weighted by Gasteiger charge is -2.01. The van der Waals surface area contributed by atoms with Gasteiger partial charge >= 0.3 is 11.9 Å². The second-order valence-corrected chi connectivity index (χ2v) is 12.8. The normalized spacial score (nSPS) is 10.8. The average Bonchev–Trinajstić information content (AvgIpc) is 3.65. The Morgan fingerprint density at radius 2 is 1.08 bits per heavy atom. The van der Waals surface area contributed by atoms with Gasteiger partial charge in [-0.1, -0.05) is 0 Å². The molecule has 2 N–H and O–H groups in total. The molecule has 0 aliphatic heterocycles. The van der Waals surface area contributed by atoms with E-state index in [-0.39, 0.29) is 24.7 Å². The largest absolute Gasteiger partial charge is 0.393 e. The monoisotopic (exact) mass is 602 g/mol. The first-order valence-electron chi connectivity index (χ1n) is 12.0. The van der Waals surface area contributed by atoms with Crippen molar-refractivity contribution in [2.75, 3.05) is 10.6 Å². The third-order valence-electron chi connectivity index (χ3n) is 5.22. The third-order valence-corrected chi connectivity index (χ3v) is 9.13. The van der Waals surface area contributed by atoms with Crippen molar-refractivity contribution in [2.24, 2.45) is 0 Å². The van der Waals surface area contributed by atoms with Gasteiger partial charge < -0.3 is 15.4 Å². The van der Waals surface area contributed by atoms with Gasteiger partial charge in [0.05, 0.1) is 24.2 Å². The Morgan fingerprint density at radius 3 is 1.49 bits per heavy atom. The van der Waals surface area contributed by atoms with E-state index in [0.29, 0.717) is 10.3 Å². The smallest absolute Gasteiger partial charge is 0.318 e.